The molecule has 1 amide bonds. The van der Waals surface area contributed by atoms with Crippen molar-refractivity contribution in [1.29, 1.82) is 0 Å². The lowest BCUT2D eigenvalue weighted by molar-refractivity contribution is 0.0944. The summed E-state index contributed by atoms with van der Waals surface area (Å²) in [6, 6.07) is 15.4. The zero-order chi connectivity index (χ0) is 16.1. The standard InChI is InChI=1S/C17H14N4O2/c22-16-9-8-15(20-21(16)14-6-2-1-3-7-14)17(23)19-12-13-5-4-10-18-11-13/h1-11H,12H2,(H,19,23). The molecule has 0 atom stereocenters. The number of carbonyl (C=O) groups excluding carboxylic acids is 1. The van der Waals surface area contributed by atoms with Gasteiger partial charge in [-0.25, -0.2) is 0 Å². The first kappa shape index (κ1) is 14.6. The van der Waals surface area contributed by atoms with Crippen LogP contribution >= 0.6 is 0 Å². The summed E-state index contributed by atoms with van der Waals surface area (Å²) in [6.07, 6.45) is 3.35. The van der Waals surface area contributed by atoms with Crippen molar-refractivity contribution in [2.45, 2.75) is 6.54 Å². The molecule has 114 valence electrons. The molecule has 0 bridgehead atoms. The maximum absolute atomic E-state index is 12.2. The van der Waals surface area contributed by atoms with Crippen molar-refractivity contribution < 1.29 is 4.79 Å². The molecule has 2 heterocycles. The molecular formula is C17H14N4O2. The molecule has 1 aromatic carbocycles. The molecule has 0 aliphatic rings. The number of nitrogens with one attached hydrogen (secondary N) is 1. The molecular weight excluding hydrogens is 292 g/mol. The number of amides is 1. The Morgan fingerprint density at radius 3 is 2.61 bits per heavy atom. The fourth-order valence-electron chi connectivity index (χ4n) is 2.06. The summed E-state index contributed by atoms with van der Waals surface area (Å²) in [6.45, 7) is 0.346. The van der Waals surface area contributed by atoms with Gasteiger partial charge in [0.2, 0.25) is 0 Å². The number of carbonyl (C=O) groups is 1. The molecule has 6 heteroatoms. The van der Waals surface area contributed by atoms with E-state index in [-0.39, 0.29) is 17.2 Å². The van der Waals surface area contributed by atoms with E-state index in [0.29, 0.717) is 12.2 Å². The van der Waals surface area contributed by atoms with E-state index in [1.807, 2.05) is 12.1 Å². The van der Waals surface area contributed by atoms with Crippen molar-refractivity contribution in [2.24, 2.45) is 0 Å². The van der Waals surface area contributed by atoms with E-state index in [1.165, 1.54) is 16.8 Å². The summed E-state index contributed by atoms with van der Waals surface area (Å²) in [7, 11) is 0. The van der Waals surface area contributed by atoms with E-state index in [4.69, 9.17) is 0 Å². The van der Waals surface area contributed by atoms with Crippen LogP contribution in [0.15, 0.2) is 71.8 Å². The molecule has 0 aliphatic heterocycles. The van der Waals surface area contributed by atoms with Gasteiger partial charge < -0.3 is 5.32 Å². The molecule has 3 rings (SSSR count). The van der Waals surface area contributed by atoms with Crippen LogP contribution in [0.3, 0.4) is 0 Å². The molecule has 3 aromatic rings. The van der Waals surface area contributed by atoms with E-state index >= 15 is 0 Å². The molecule has 0 aliphatic carbocycles. The predicted octanol–water partition coefficient (Wildman–Crippen LogP) is 1.56. The Morgan fingerprint density at radius 2 is 1.87 bits per heavy atom. The third-order valence-electron chi connectivity index (χ3n) is 3.21. The second-order valence-corrected chi connectivity index (χ2v) is 4.85. The van der Waals surface area contributed by atoms with Gasteiger partial charge in [0.25, 0.3) is 11.5 Å². The van der Waals surface area contributed by atoms with E-state index in [2.05, 4.69) is 15.4 Å². The van der Waals surface area contributed by atoms with Crippen LogP contribution in [0, 0.1) is 0 Å². The zero-order valence-corrected chi connectivity index (χ0v) is 12.2. The van der Waals surface area contributed by atoms with Crippen molar-refractivity contribution in [3.05, 3.63) is 88.6 Å². The number of hydrogen-bond acceptors (Lipinski definition) is 4. The van der Waals surface area contributed by atoms with E-state index in [9.17, 15) is 9.59 Å². The fourth-order valence-corrected chi connectivity index (χ4v) is 2.06. The highest BCUT2D eigenvalue weighted by atomic mass is 16.2. The summed E-state index contributed by atoms with van der Waals surface area (Å²) in [5.41, 5.74) is 1.38. The molecule has 2 aromatic heterocycles. The summed E-state index contributed by atoms with van der Waals surface area (Å²) < 4.78 is 1.21. The maximum Gasteiger partial charge on any atom is 0.272 e. The van der Waals surface area contributed by atoms with Crippen molar-refractivity contribution >= 4 is 5.91 Å². The van der Waals surface area contributed by atoms with E-state index < -0.39 is 0 Å². The number of hydrogen-bond donors (Lipinski definition) is 1. The van der Waals surface area contributed by atoms with Crippen molar-refractivity contribution in [3.63, 3.8) is 0 Å². The van der Waals surface area contributed by atoms with Gasteiger partial charge in [0.05, 0.1) is 5.69 Å². The highest BCUT2D eigenvalue weighted by Crippen LogP contribution is 2.03. The molecule has 0 fully saturated rings. The first-order valence-electron chi connectivity index (χ1n) is 7.07. The van der Waals surface area contributed by atoms with Crippen molar-refractivity contribution in [3.8, 4) is 5.69 Å². The molecule has 1 N–H and O–H groups in total. The Labute approximate surface area is 132 Å². The molecule has 0 spiro atoms. The quantitative estimate of drug-likeness (QED) is 0.793. The SMILES string of the molecule is O=C(NCc1cccnc1)c1ccc(=O)n(-c2ccccc2)n1. The van der Waals surface area contributed by atoms with Crippen molar-refractivity contribution in [1.82, 2.24) is 20.1 Å². The minimum absolute atomic E-state index is 0.178. The first-order chi connectivity index (χ1) is 11.2. The van der Waals surface area contributed by atoms with E-state index in [0.717, 1.165) is 5.56 Å². The van der Waals surface area contributed by atoms with Gasteiger partial charge >= 0.3 is 0 Å². The molecule has 0 saturated heterocycles. The van der Waals surface area contributed by atoms with Gasteiger partial charge in [-0.15, -0.1) is 0 Å². The van der Waals surface area contributed by atoms with Gasteiger partial charge in [0.1, 0.15) is 5.69 Å². The highest BCUT2D eigenvalue weighted by molar-refractivity contribution is 5.91. The van der Waals surface area contributed by atoms with Crippen LogP contribution in [0.5, 0.6) is 0 Å². The number of rotatable bonds is 4. The summed E-state index contributed by atoms with van der Waals surface area (Å²) >= 11 is 0. The maximum atomic E-state index is 12.2. The monoisotopic (exact) mass is 306 g/mol. The minimum atomic E-state index is -0.349. The smallest absolute Gasteiger partial charge is 0.272 e. The second-order valence-electron chi connectivity index (χ2n) is 4.85. The van der Waals surface area contributed by atoms with Crippen LogP contribution < -0.4 is 10.9 Å². The Bertz CT molecular complexity index is 861. The van der Waals surface area contributed by atoms with Crippen LogP contribution in [-0.4, -0.2) is 20.7 Å². The Hall–Kier alpha value is -3.28. The third-order valence-corrected chi connectivity index (χ3v) is 3.21. The summed E-state index contributed by atoms with van der Waals surface area (Å²) in [4.78, 5) is 28.1. The van der Waals surface area contributed by atoms with Crippen LogP contribution in [0.2, 0.25) is 0 Å². The van der Waals surface area contributed by atoms with Gasteiger partial charge in [0.15, 0.2) is 0 Å². The number of para-hydroxylation sites is 1. The van der Waals surface area contributed by atoms with Crippen LogP contribution in [-0.2, 0) is 6.54 Å². The van der Waals surface area contributed by atoms with Crippen LogP contribution in [0.25, 0.3) is 5.69 Å². The summed E-state index contributed by atoms with van der Waals surface area (Å²) in [5, 5.41) is 6.89. The first-order valence-corrected chi connectivity index (χ1v) is 7.07. The number of nitrogens with zero attached hydrogens (tertiary/aromatic N) is 3. The van der Waals surface area contributed by atoms with E-state index in [1.54, 1.807) is 42.7 Å². The zero-order valence-electron chi connectivity index (χ0n) is 12.2. The normalized spacial score (nSPS) is 10.3. The van der Waals surface area contributed by atoms with Gasteiger partial charge in [0, 0.05) is 25.0 Å². The molecule has 0 saturated carbocycles. The average molecular weight is 306 g/mol. The second kappa shape index (κ2) is 6.65. The number of pyridine rings is 1. The lowest BCUT2D eigenvalue weighted by atomic mass is 10.3. The number of benzene rings is 1. The third kappa shape index (κ3) is 3.49. The highest BCUT2D eigenvalue weighted by Gasteiger charge is 2.10. The molecule has 0 radical (unpaired) electrons. The molecule has 23 heavy (non-hydrogen) atoms. The Balaban J connectivity index is 1.80. The van der Waals surface area contributed by atoms with Crippen LogP contribution in [0.1, 0.15) is 16.1 Å². The fraction of sp³-hybridized carbons (Fsp3) is 0.0588. The summed E-state index contributed by atoms with van der Waals surface area (Å²) in [5.74, 6) is -0.349. The van der Waals surface area contributed by atoms with Crippen molar-refractivity contribution in [2.75, 3.05) is 0 Å². The van der Waals surface area contributed by atoms with Gasteiger partial charge in [-0.2, -0.15) is 9.78 Å². The van der Waals surface area contributed by atoms with Gasteiger partial charge in [-0.1, -0.05) is 24.3 Å². The minimum Gasteiger partial charge on any atom is -0.347 e. The molecule has 6 nitrogen and oxygen atoms in total. The largest absolute Gasteiger partial charge is 0.347 e. The molecule has 0 unspecified atom stereocenters. The lowest BCUT2D eigenvalue weighted by Crippen LogP contribution is -2.28. The van der Waals surface area contributed by atoms with Gasteiger partial charge in [-0.3, -0.25) is 14.6 Å². The Morgan fingerprint density at radius 1 is 1.04 bits per heavy atom. The number of aromatic nitrogens is 3. The topological polar surface area (TPSA) is 76.9 Å². The van der Waals surface area contributed by atoms with Crippen LogP contribution in [0.4, 0.5) is 0 Å². The lowest BCUT2D eigenvalue weighted by Gasteiger charge is -2.07. The Kier molecular flexibility index (Phi) is 4.24. The van der Waals surface area contributed by atoms with Gasteiger partial charge in [-0.05, 0) is 29.8 Å². The predicted molar refractivity (Wildman–Crippen MR) is 85.2 cm³/mol. The average Bonchev–Trinajstić information content (AvgIpc) is 2.62.